The van der Waals surface area contributed by atoms with E-state index in [1.54, 1.807) is 0 Å². The third-order valence-corrected chi connectivity index (χ3v) is 3.61. The van der Waals surface area contributed by atoms with Crippen LogP contribution in [0.5, 0.6) is 0 Å². The summed E-state index contributed by atoms with van der Waals surface area (Å²) in [5, 5.41) is 0. The fourth-order valence-electron chi connectivity index (χ4n) is 1.26. The zero-order chi connectivity index (χ0) is 12.9. The van der Waals surface area contributed by atoms with Crippen molar-refractivity contribution in [3.63, 3.8) is 0 Å². The first-order valence-electron chi connectivity index (χ1n) is 5.01. The van der Waals surface area contributed by atoms with E-state index in [0.29, 0.717) is 13.0 Å². The van der Waals surface area contributed by atoms with Crippen LogP contribution in [0.1, 0.15) is 6.42 Å². The number of hydrogen-bond donors (Lipinski definition) is 2. The Balaban J connectivity index is 2.76. The van der Waals surface area contributed by atoms with Crippen molar-refractivity contribution in [3.8, 4) is 0 Å². The highest BCUT2D eigenvalue weighted by Crippen LogP contribution is 2.18. The number of sulfonamides is 1. The van der Waals surface area contributed by atoms with E-state index in [9.17, 15) is 12.8 Å². The molecule has 7 heteroatoms. The highest BCUT2D eigenvalue weighted by molar-refractivity contribution is 7.89. The molecule has 0 fully saturated rings. The molecule has 0 spiro atoms. The lowest BCUT2D eigenvalue weighted by Gasteiger charge is -2.08. The van der Waals surface area contributed by atoms with Gasteiger partial charge in [-0.1, -0.05) is 0 Å². The topological polar surface area (TPSA) is 81.4 Å². The zero-order valence-corrected chi connectivity index (χ0v) is 10.3. The van der Waals surface area contributed by atoms with Crippen molar-refractivity contribution >= 4 is 15.7 Å². The summed E-state index contributed by atoms with van der Waals surface area (Å²) in [6, 6.07) is 3.17. The fourth-order valence-corrected chi connectivity index (χ4v) is 2.45. The average Bonchev–Trinajstić information content (AvgIpc) is 2.24. The first-order valence-corrected chi connectivity index (χ1v) is 6.49. The molecule has 0 saturated heterocycles. The summed E-state index contributed by atoms with van der Waals surface area (Å²) < 4.78 is 43.5. The van der Waals surface area contributed by atoms with Gasteiger partial charge in [0.1, 0.15) is 10.7 Å². The Bertz CT molecular complexity index is 476. The number of halogens is 1. The molecule has 0 atom stereocenters. The Labute approximate surface area is 99.8 Å². The molecule has 5 nitrogen and oxygen atoms in total. The first-order chi connectivity index (χ1) is 7.97. The Morgan fingerprint density at radius 1 is 1.47 bits per heavy atom. The van der Waals surface area contributed by atoms with Crippen molar-refractivity contribution in [2.75, 3.05) is 26.0 Å². The van der Waals surface area contributed by atoms with E-state index in [0.717, 1.165) is 18.2 Å². The molecular weight excluding hydrogens is 247 g/mol. The van der Waals surface area contributed by atoms with Gasteiger partial charge in [-0.25, -0.2) is 17.5 Å². The van der Waals surface area contributed by atoms with Gasteiger partial charge in [-0.05, 0) is 24.6 Å². The van der Waals surface area contributed by atoms with Crippen LogP contribution in [0.4, 0.5) is 10.1 Å². The molecule has 0 aliphatic heterocycles. The van der Waals surface area contributed by atoms with E-state index in [1.165, 1.54) is 7.11 Å². The summed E-state index contributed by atoms with van der Waals surface area (Å²) in [4.78, 5) is -0.115. The zero-order valence-electron chi connectivity index (χ0n) is 9.44. The maximum atomic E-state index is 12.8. The largest absolute Gasteiger partial charge is 0.398 e. The maximum absolute atomic E-state index is 12.8. The van der Waals surface area contributed by atoms with Gasteiger partial charge in [0.2, 0.25) is 10.0 Å². The van der Waals surface area contributed by atoms with E-state index in [1.807, 2.05) is 0 Å². The van der Waals surface area contributed by atoms with Crippen LogP contribution >= 0.6 is 0 Å². The van der Waals surface area contributed by atoms with Crippen LogP contribution in [-0.2, 0) is 14.8 Å². The van der Waals surface area contributed by atoms with E-state index in [-0.39, 0.29) is 17.1 Å². The molecule has 3 N–H and O–H groups in total. The minimum atomic E-state index is -3.69. The van der Waals surface area contributed by atoms with Crippen LogP contribution in [0.3, 0.4) is 0 Å². The molecule has 1 rings (SSSR count). The Morgan fingerprint density at radius 2 is 2.18 bits per heavy atom. The Morgan fingerprint density at radius 3 is 2.76 bits per heavy atom. The van der Waals surface area contributed by atoms with Gasteiger partial charge in [0.05, 0.1) is 5.69 Å². The van der Waals surface area contributed by atoms with Crippen molar-refractivity contribution in [2.24, 2.45) is 0 Å². The van der Waals surface area contributed by atoms with Crippen LogP contribution in [0.15, 0.2) is 23.1 Å². The second-order valence-electron chi connectivity index (χ2n) is 3.43. The summed E-state index contributed by atoms with van der Waals surface area (Å²) in [5.74, 6) is -0.569. The first kappa shape index (κ1) is 13.9. The molecule has 0 radical (unpaired) electrons. The van der Waals surface area contributed by atoms with Gasteiger partial charge < -0.3 is 10.5 Å². The van der Waals surface area contributed by atoms with Gasteiger partial charge in [-0.2, -0.15) is 0 Å². The highest BCUT2D eigenvalue weighted by atomic mass is 32.2. The molecular formula is C10H15FN2O3S. The number of nitrogen functional groups attached to an aromatic ring is 1. The molecule has 0 bridgehead atoms. The minimum absolute atomic E-state index is 0.107. The molecule has 0 aliphatic rings. The lowest BCUT2D eigenvalue weighted by molar-refractivity contribution is 0.196. The van der Waals surface area contributed by atoms with Gasteiger partial charge in [-0.3, -0.25) is 0 Å². The van der Waals surface area contributed by atoms with Gasteiger partial charge in [-0.15, -0.1) is 0 Å². The second kappa shape index (κ2) is 5.95. The van der Waals surface area contributed by atoms with Crippen LogP contribution in [-0.4, -0.2) is 28.7 Å². The quantitative estimate of drug-likeness (QED) is 0.584. The number of anilines is 1. The molecule has 0 heterocycles. The third kappa shape index (κ3) is 3.95. The van der Waals surface area contributed by atoms with Crippen molar-refractivity contribution in [1.82, 2.24) is 4.72 Å². The number of ether oxygens (including phenoxy) is 1. The molecule has 17 heavy (non-hydrogen) atoms. The number of benzene rings is 1. The molecule has 1 aromatic rings. The Hall–Kier alpha value is -1.18. The lowest BCUT2D eigenvalue weighted by atomic mass is 10.3. The smallest absolute Gasteiger partial charge is 0.242 e. The van der Waals surface area contributed by atoms with Crippen LogP contribution in [0.2, 0.25) is 0 Å². The van der Waals surface area contributed by atoms with Crippen molar-refractivity contribution in [1.29, 1.82) is 0 Å². The number of hydrogen-bond acceptors (Lipinski definition) is 4. The van der Waals surface area contributed by atoms with Crippen molar-refractivity contribution in [3.05, 3.63) is 24.0 Å². The maximum Gasteiger partial charge on any atom is 0.242 e. The fraction of sp³-hybridized carbons (Fsp3) is 0.400. The number of nitrogens with one attached hydrogen (secondary N) is 1. The molecule has 0 saturated carbocycles. The standard InChI is InChI=1S/C10H15FN2O3S/c1-16-6-2-5-13-17(14,15)10-4-3-8(11)7-9(10)12/h3-4,7,13H,2,5-6,12H2,1H3. The van der Waals surface area contributed by atoms with E-state index >= 15 is 0 Å². The molecule has 96 valence electrons. The summed E-state index contributed by atoms with van der Waals surface area (Å²) >= 11 is 0. The molecule has 0 aromatic heterocycles. The summed E-state index contributed by atoms with van der Waals surface area (Å²) in [7, 11) is -2.15. The minimum Gasteiger partial charge on any atom is -0.398 e. The van der Waals surface area contributed by atoms with Crippen LogP contribution in [0, 0.1) is 5.82 Å². The van der Waals surface area contributed by atoms with Crippen molar-refractivity contribution < 1.29 is 17.5 Å². The molecule has 0 amide bonds. The predicted octanol–water partition coefficient (Wildman–Crippen LogP) is 0.723. The molecule has 1 aromatic carbocycles. The second-order valence-corrected chi connectivity index (χ2v) is 5.16. The number of rotatable bonds is 6. The number of methoxy groups -OCH3 is 1. The van der Waals surface area contributed by atoms with Crippen molar-refractivity contribution in [2.45, 2.75) is 11.3 Å². The summed E-state index contributed by atoms with van der Waals surface area (Å²) in [5.41, 5.74) is 5.35. The summed E-state index contributed by atoms with van der Waals surface area (Å²) in [6.45, 7) is 0.703. The highest BCUT2D eigenvalue weighted by Gasteiger charge is 2.16. The normalized spacial score (nSPS) is 11.6. The average molecular weight is 262 g/mol. The molecule has 0 unspecified atom stereocenters. The van der Waals surface area contributed by atoms with Crippen LogP contribution < -0.4 is 10.5 Å². The number of nitrogens with two attached hydrogens (primary N) is 1. The lowest BCUT2D eigenvalue weighted by Crippen LogP contribution is -2.26. The van der Waals surface area contributed by atoms with Gasteiger partial charge in [0, 0.05) is 20.3 Å². The summed E-state index contributed by atoms with van der Waals surface area (Å²) in [6.07, 6.45) is 0.552. The van der Waals surface area contributed by atoms with Gasteiger partial charge in [0.25, 0.3) is 0 Å². The van der Waals surface area contributed by atoms with E-state index in [4.69, 9.17) is 10.5 Å². The Kier molecular flexibility index (Phi) is 4.86. The monoisotopic (exact) mass is 262 g/mol. The predicted molar refractivity (Wildman–Crippen MR) is 62.5 cm³/mol. The third-order valence-electron chi connectivity index (χ3n) is 2.08. The van der Waals surface area contributed by atoms with E-state index < -0.39 is 15.8 Å². The SMILES string of the molecule is COCCCNS(=O)(=O)c1ccc(F)cc1N. The van der Waals surface area contributed by atoms with Gasteiger partial charge in [0.15, 0.2) is 0 Å². The van der Waals surface area contributed by atoms with Crippen LogP contribution in [0.25, 0.3) is 0 Å². The molecule has 0 aliphatic carbocycles. The van der Waals surface area contributed by atoms with Gasteiger partial charge >= 0.3 is 0 Å². The van der Waals surface area contributed by atoms with E-state index in [2.05, 4.69) is 4.72 Å².